The van der Waals surface area contributed by atoms with E-state index in [1.54, 1.807) is 29.2 Å². The number of hydrogen-bond acceptors (Lipinski definition) is 3. The summed E-state index contributed by atoms with van der Waals surface area (Å²) in [4.78, 5) is 24.9. The monoisotopic (exact) mass is 346 g/mol. The minimum absolute atomic E-state index is 0.143. The van der Waals surface area contributed by atoms with Gasteiger partial charge in [-0.3, -0.25) is 9.59 Å². The van der Waals surface area contributed by atoms with Gasteiger partial charge in [0.2, 0.25) is 0 Å². The maximum Gasteiger partial charge on any atom is 0.304 e. The van der Waals surface area contributed by atoms with Crippen molar-refractivity contribution in [3.8, 4) is 0 Å². The summed E-state index contributed by atoms with van der Waals surface area (Å²) in [5, 5.41) is 8.78. The third-order valence-corrected chi connectivity index (χ3v) is 3.50. The van der Waals surface area contributed by atoms with E-state index in [1.807, 2.05) is 0 Å². The summed E-state index contributed by atoms with van der Waals surface area (Å²) in [5.74, 6) is -0.478. The van der Waals surface area contributed by atoms with E-state index in [2.05, 4.69) is 0 Å². The molecule has 0 aliphatic carbocycles. The second-order valence-electron chi connectivity index (χ2n) is 4.89. The molecule has 0 radical (unpaired) electrons. The number of nitrogens with two attached hydrogens (primary N) is 1. The van der Waals surface area contributed by atoms with E-state index >= 15 is 0 Å². The highest BCUT2D eigenvalue weighted by molar-refractivity contribution is 6.18. The topological polar surface area (TPSA) is 83.6 Å². The fourth-order valence-corrected chi connectivity index (χ4v) is 2.58. The Morgan fingerprint density at radius 1 is 1.18 bits per heavy atom. The molecule has 0 unspecified atom stereocenters. The van der Waals surface area contributed by atoms with Gasteiger partial charge in [0, 0.05) is 36.5 Å². The molecule has 122 valence electrons. The molecular weight excluding hydrogens is 327 g/mol. The molecule has 1 aromatic rings. The van der Waals surface area contributed by atoms with E-state index in [0.717, 1.165) is 5.56 Å². The average molecular weight is 347 g/mol. The molecule has 1 amide bonds. The molecule has 0 saturated heterocycles. The van der Waals surface area contributed by atoms with Crippen LogP contribution in [-0.2, 0) is 11.2 Å². The Bertz CT molecular complexity index is 505. The van der Waals surface area contributed by atoms with Gasteiger partial charge in [-0.15, -0.1) is 23.2 Å². The van der Waals surface area contributed by atoms with Crippen molar-refractivity contribution in [2.24, 2.45) is 5.73 Å². The third-order valence-electron chi connectivity index (χ3n) is 3.16. The second-order valence-corrected chi connectivity index (χ2v) is 5.65. The zero-order chi connectivity index (χ0) is 16.5. The number of nitrogens with zero attached hydrogens (tertiary/aromatic N) is 1. The molecule has 0 aliphatic rings. The number of amides is 1. The molecule has 0 fully saturated rings. The average Bonchev–Trinajstić information content (AvgIpc) is 2.46. The molecule has 5 nitrogen and oxygen atoms in total. The summed E-state index contributed by atoms with van der Waals surface area (Å²) in [6.07, 6.45) is 0.180. The molecule has 0 heterocycles. The highest BCUT2D eigenvalue weighted by Crippen LogP contribution is 2.15. The summed E-state index contributed by atoms with van der Waals surface area (Å²) in [5.41, 5.74) is 7.07. The molecule has 1 rings (SSSR count). The molecule has 0 saturated carbocycles. The summed E-state index contributed by atoms with van der Waals surface area (Å²) in [7, 11) is 0. The summed E-state index contributed by atoms with van der Waals surface area (Å²) in [6.45, 7) is 0.811. The van der Waals surface area contributed by atoms with E-state index in [0.29, 0.717) is 36.8 Å². The van der Waals surface area contributed by atoms with Crippen molar-refractivity contribution < 1.29 is 14.7 Å². The number of carbonyl (C=O) groups excluding carboxylic acids is 1. The van der Waals surface area contributed by atoms with Crippen molar-refractivity contribution in [2.45, 2.75) is 18.9 Å². The van der Waals surface area contributed by atoms with Gasteiger partial charge in [0.1, 0.15) is 0 Å². The number of rotatable bonds is 9. The zero-order valence-electron chi connectivity index (χ0n) is 12.2. The molecule has 3 N–H and O–H groups in total. The van der Waals surface area contributed by atoms with Crippen LogP contribution in [-0.4, -0.2) is 52.8 Å². The van der Waals surface area contributed by atoms with Gasteiger partial charge in [-0.25, -0.2) is 0 Å². The highest BCUT2D eigenvalue weighted by Gasteiger charge is 2.19. The van der Waals surface area contributed by atoms with E-state index in [9.17, 15) is 9.59 Å². The van der Waals surface area contributed by atoms with Crippen molar-refractivity contribution >= 4 is 35.1 Å². The van der Waals surface area contributed by atoms with Crippen molar-refractivity contribution in [1.82, 2.24) is 4.90 Å². The van der Waals surface area contributed by atoms with Crippen LogP contribution in [0.5, 0.6) is 0 Å². The Morgan fingerprint density at radius 2 is 1.77 bits per heavy atom. The molecule has 0 bridgehead atoms. The van der Waals surface area contributed by atoms with Crippen LogP contribution in [0.25, 0.3) is 0 Å². The number of halogens is 2. The van der Waals surface area contributed by atoms with Gasteiger partial charge in [0.15, 0.2) is 0 Å². The third kappa shape index (κ3) is 5.83. The summed E-state index contributed by atoms with van der Waals surface area (Å²) >= 11 is 11.4. The predicted octanol–water partition coefficient (Wildman–Crippen LogP) is 1.95. The van der Waals surface area contributed by atoms with Gasteiger partial charge in [-0.1, -0.05) is 18.2 Å². The first-order valence-corrected chi connectivity index (χ1v) is 8.03. The lowest BCUT2D eigenvalue weighted by molar-refractivity contribution is -0.137. The fourth-order valence-electron chi connectivity index (χ4n) is 2.18. The summed E-state index contributed by atoms with van der Waals surface area (Å²) in [6, 6.07) is 6.52. The van der Waals surface area contributed by atoms with E-state index < -0.39 is 12.0 Å². The minimum Gasteiger partial charge on any atom is -0.481 e. The Labute approximate surface area is 140 Å². The first-order valence-electron chi connectivity index (χ1n) is 6.96. The molecule has 1 atom stereocenters. The number of benzene rings is 1. The zero-order valence-corrected chi connectivity index (χ0v) is 13.7. The molecule has 0 spiro atoms. The fraction of sp³-hybridized carbons (Fsp3) is 0.467. The standard InChI is InChI=1S/C15H20Cl2N2O3/c16-5-7-19(8-6-17)15(22)13-4-2-1-3-11(13)9-12(18)10-14(20)21/h1-4,12H,5-10,18H2,(H,20,21)/t12-/m1/s1. The van der Waals surface area contributed by atoms with Crippen molar-refractivity contribution in [1.29, 1.82) is 0 Å². The number of carboxylic acid groups (broad SMARTS) is 1. The molecule has 22 heavy (non-hydrogen) atoms. The van der Waals surface area contributed by atoms with E-state index in [1.165, 1.54) is 0 Å². The Balaban J connectivity index is 2.93. The van der Waals surface area contributed by atoms with Crippen LogP contribution < -0.4 is 5.73 Å². The SMILES string of the molecule is N[C@@H](CC(=O)O)Cc1ccccc1C(=O)N(CCCl)CCCl. The van der Waals surface area contributed by atoms with E-state index in [-0.39, 0.29) is 12.3 Å². The Kier molecular flexibility index (Phi) is 8.24. The van der Waals surface area contributed by atoms with Crippen LogP contribution in [0.2, 0.25) is 0 Å². The first-order chi connectivity index (χ1) is 10.5. The largest absolute Gasteiger partial charge is 0.481 e. The number of carbonyl (C=O) groups is 2. The van der Waals surface area contributed by atoms with Gasteiger partial charge in [0.05, 0.1) is 6.42 Å². The van der Waals surface area contributed by atoms with Gasteiger partial charge in [0.25, 0.3) is 5.91 Å². The van der Waals surface area contributed by atoms with Crippen molar-refractivity contribution in [2.75, 3.05) is 24.8 Å². The van der Waals surface area contributed by atoms with E-state index in [4.69, 9.17) is 34.0 Å². The van der Waals surface area contributed by atoms with Crippen LogP contribution in [0.1, 0.15) is 22.3 Å². The van der Waals surface area contributed by atoms with Crippen LogP contribution in [0.4, 0.5) is 0 Å². The smallest absolute Gasteiger partial charge is 0.304 e. The molecule has 7 heteroatoms. The maximum absolute atomic E-state index is 12.6. The van der Waals surface area contributed by atoms with Crippen molar-refractivity contribution in [3.63, 3.8) is 0 Å². The van der Waals surface area contributed by atoms with Gasteiger partial charge in [-0.2, -0.15) is 0 Å². The summed E-state index contributed by atoms with van der Waals surface area (Å²) < 4.78 is 0. The normalized spacial score (nSPS) is 12.0. The first kappa shape index (κ1) is 18.7. The van der Waals surface area contributed by atoms with Gasteiger partial charge in [-0.05, 0) is 18.1 Å². The number of hydrogen-bond donors (Lipinski definition) is 2. The van der Waals surface area contributed by atoms with Crippen LogP contribution >= 0.6 is 23.2 Å². The van der Waals surface area contributed by atoms with Crippen LogP contribution in [0.3, 0.4) is 0 Å². The van der Waals surface area contributed by atoms with Crippen molar-refractivity contribution in [3.05, 3.63) is 35.4 Å². The lowest BCUT2D eigenvalue weighted by Gasteiger charge is -2.22. The van der Waals surface area contributed by atoms with Crippen LogP contribution in [0, 0.1) is 0 Å². The number of carboxylic acids is 1. The van der Waals surface area contributed by atoms with Gasteiger partial charge >= 0.3 is 5.97 Å². The van der Waals surface area contributed by atoms with Crippen LogP contribution in [0.15, 0.2) is 24.3 Å². The lowest BCUT2D eigenvalue weighted by Crippen LogP contribution is -2.35. The van der Waals surface area contributed by atoms with Gasteiger partial charge < -0.3 is 15.7 Å². The molecular formula is C15H20Cl2N2O3. The maximum atomic E-state index is 12.6. The second kappa shape index (κ2) is 9.66. The number of alkyl halides is 2. The molecule has 1 aromatic carbocycles. The quantitative estimate of drug-likeness (QED) is 0.669. The lowest BCUT2D eigenvalue weighted by atomic mass is 9.98. The highest BCUT2D eigenvalue weighted by atomic mass is 35.5. The molecule has 0 aliphatic heterocycles. The Hall–Kier alpha value is -1.30. The minimum atomic E-state index is -0.956. The predicted molar refractivity (Wildman–Crippen MR) is 87.7 cm³/mol. The molecule has 0 aromatic heterocycles. The Morgan fingerprint density at radius 3 is 2.32 bits per heavy atom. The number of aliphatic carboxylic acids is 1.